The van der Waals surface area contributed by atoms with E-state index in [0.29, 0.717) is 48.2 Å². The van der Waals surface area contributed by atoms with Crippen molar-refractivity contribution in [3.63, 3.8) is 0 Å². The van der Waals surface area contributed by atoms with Crippen molar-refractivity contribution >= 4 is 35.0 Å². The summed E-state index contributed by atoms with van der Waals surface area (Å²) in [6, 6.07) is 3.44. The normalized spacial score (nSPS) is 21.6. The molecule has 2 fully saturated rings. The highest BCUT2D eigenvalue weighted by Gasteiger charge is 2.45. The van der Waals surface area contributed by atoms with E-state index in [1.807, 2.05) is 0 Å². The molecule has 1 aromatic heterocycles. The number of nitrogens with zero attached hydrogens (tertiary/aromatic N) is 1. The van der Waals surface area contributed by atoms with Crippen LogP contribution in [-0.4, -0.2) is 53.8 Å². The van der Waals surface area contributed by atoms with Crippen molar-refractivity contribution in [3.05, 3.63) is 21.3 Å². The van der Waals surface area contributed by atoms with Crippen LogP contribution in [0, 0.1) is 0 Å². The van der Waals surface area contributed by atoms with Crippen molar-refractivity contribution in [1.29, 1.82) is 0 Å². The van der Waals surface area contributed by atoms with E-state index in [2.05, 4.69) is 5.32 Å². The number of nitrogens with one attached hydrogen (secondary N) is 1. The topological polar surface area (TPSA) is 78.9 Å². The van der Waals surface area contributed by atoms with Gasteiger partial charge in [0.15, 0.2) is 0 Å². The second-order valence-electron chi connectivity index (χ2n) is 6.66. The van der Waals surface area contributed by atoms with Crippen LogP contribution in [0.5, 0.6) is 0 Å². The molecule has 1 saturated carbocycles. The van der Waals surface area contributed by atoms with E-state index in [1.165, 1.54) is 16.2 Å². The van der Waals surface area contributed by atoms with Gasteiger partial charge in [0.05, 0.1) is 9.94 Å². The van der Waals surface area contributed by atoms with Gasteiger partial charge in [-0.2, -0.15) is 0 Å². The number of thiophene rings is 1. The molecular weight excluding hydrogens is 364 g/mol. The van der Waals surface area contributed by atoms with Crippen molar-refractivity contribution in [2.24, 2.45) is 0 Å². The lowest BCUT2D eigenvalue weighted by Gasteiger charge is -2.37. The minimum Gasteiger partial charge on any atom is -0.389 e. The monoisotopic (exact) mass is 386 g/mol. The Balaban J connectivity index is 1.78. The molecule has 138 valence electrons. The Labute approximate surface area is 156 Å². The summed E-state index contributed by atoms with van der Waals surface area (Å²) in [4.78, 5) is 27.3. The molecule has 0 radical (unpaired) electrons. The maximum Gasteiger partial charge on any atom is 0.417 e. The number of hydrogen-bond acceptors (Lipinski definition) is 6. The number of halogens is 1. The van der Waals surface area contributed by atoms with Gasteiger partial charge in [-0.05, 0) is 25.0 Å². The number of ether oxygens (including phenoxy) is 1. The molecule has 1 atom stereocenters. The van der Waals surface area contributed by atoms with Crippen molar-refractivity contribution in [1.82, 2.24) is 10.2 Å². The van der Waals surface area contributed by atoms with E-state index in [4.69, 9.17) is 16.3 Å². The third-order valence-electron chi connectivity index (χ3n) is 4.93. The summed E-state index contributed by atoms with van der Waals surface area (Å²) in [7, 11) is 0. The number of carbonyl (C=O) groups excluding carboxylic acids is 2. The van der Waals surface area contributed by atoms with Gasteiger partial charge in [0.2, 0.25) is 0 Å². The molecule has 2 heterocycles. The van der Waals surface area contributed by atoms with Crippen LogP contribution in [0.25, 0.3) is 0 Å². The fourth-order valence-electron chi connectivity index (χ4n) is 3.59. The van der Waals surface area contributed by atoms with Gasteiger partial charge in [0.25, 0.3) is 0 Å². The number of esters is 1. The number of piperazine rings is 1. The highest BCUT2D eigenvalue weighted by molar-refractivity contribution is 7.16. The Morgan fingerprint density at radius 2 is 1.92 bits per heavy atom. The average molecular weight is 387 g/mol. The molecule has 1 unspecified atom stereocenters. The van der Waals surface area contributed by atoms with Crippen LogP contribution in [0.2, 0.25) is 4.34 Å². The van der Waals surface area contributed by atoms with Gasteiger partial charge in [0, 0.05) is 31.1 Å². The van der Waals surface area contributed by atoms with E-state index < -0.39 is 23.6 Å². The lowest BCUT2D eigenvalue weighted by Crippen LogP contribution is -2.48. The highest BCUT2D eigenvalue weighted by Crippen LogP contribution is 2.43. The van der Waals surface area contributed by atoms with Crippen LogP contribution in [0.1, 0.15) is 42.9 Å². The van der Waals surface area contributed by atoms with E-state index in [-0.39, 0.29) is 0 Å². The van der Waals surface area contributed by atoms with Crippen molar-refractivity contribution in [2.45, 2.75) is 43.6 Å². The lowest BCUT2D eigenvalue weighted by molar-refractivity contribution is -0.149. The summed E-state index contributed by atoms with van der Waals surface area (Å²) < 4.78 is 5.70. The van der Waals surface area contributed by atoms with Gasteiger partial charge in [0.1, 0.15) is 5.92 Å². The van der Waals surface area contributed by atoms with Crippen LogP contribution >= 0.6 is 22.9 Å². The molecule has 0 aromatic carbocycles. The zero-order chi connectivity index (χ0) is 17.9. The summed E-state index contributed by atoms with van der Waals surface area (Å²) in [6.45, 7) is 2.37. The molecule has 3 rings (SSSR count). The average Bonchev–Trinajstić information content (AvgIpc) is 3.01. The van der Waals surface area contributed by atoms with Crippen molar-refractivity contribution in [3.8, 4) is 0 Å². The van der Waals surface area contributed by atoms with E-state index in [0.717, 1.165) is 19.3 Å². The van der Waals surface area contributed by atoms with Crippen LogP contribution in [0.4, 0.5) is 4.79 Å². The molecule has 0 spiro atoms. The smallest absolute Gasteiger partial charge is 0.389 e. The third-order valence-corrected chi connectivity index (χ3v) is 6.23. The SMILES string of the molecule is O=C(OC(=O)N1CCNCC1)C(c1ccc(Cl)s1)C1(O)CCCCC1. The van der Waals surface area contributed by atoms with Gasteiger partial charge in [-0.25, -0.2) is 4.79 Å². The minimum atomic E-state index is -1.19. The Kier molecular flexibility index (Phi) is 5.99. The summed E-state index contributed by atoms with van der Waals surface area (Å²) in [5, 5.41) is 14.3. The molecule has 2 N–H and O–H groups in total. The first kappa shape index (κ1) is 18.6. The predicted molar refractivity (Wildman–Crippen MR) is 96.0 cm³/mol. The van der Waals surface area contributed by atoms with E-state index >= 15 is 0 Å². The quantitative estimate of drug-likeness (QED) is 0.616. The maximum atomic E-state index is 12.8. The van der Waals surface area contributed by atoms with Gasteiger partial charge < -0.3 is 20.1 Å². The first-order valence-electron chi connectivity index (χ1n) is 8.68. The summed E-state index contributed by atoms with van der Waals surface area (Å²) in [6.07, 6.45) is 3.14. The Morgan fingerprint density at radius 3 is 2.52 bits per heavy atom. The largest absolute Gasteiger partial charge is 0.417 e. The van der Waals surface area contributed by atoms with Crippen molar-refractivity contribution in [2.75, 3.05) is 26.2 Å². The number of aliphatic hydroxyl groups is 1. The van der Waals surface area contributed by atoms with Gasteiger partial charge in [-0.15, -0.1) is 11.3 Å². The molecule has 0 bridgehead atoms. The zero-order valence-electron chi connectivity index (χ0n) is 14.0. The van der Waals surface area contributed by atoms with E-state index in [1.54, 1.807) is 12.1 Å². The second-order valence-corrected chi connectivity index (χ2v) is 8.41. The fourth-order valence-corrected chi connectivity index (χ4v) is 4.85. The number of rotatable bonds is 3. The minimum absolute atomic E-state index is 0.506. The molecule has 1 aliphatic carbocycles. The first-order chi connectivity index (χ1) is 12.0. The fraction of sp³-hybridized carbons (Fsp3) is 0.647. The molecule has 2 aliphatic rings. The molecule has 8 heteroatoms. The second kappa shape index (κ2) is 8.03. The third kappa shape index (κ3) is 4.34. The van der Waals surface area contributed by atoms with Gasteiger partial charge in [-0.3, -0.25) is 4.79 Å². The summed E-state index contributed by atoms with van der Waals surface area (Å²) >= 11 is 7.27. The Bertz CT molecular complexity index is 624. The zero-order valence-corrected chi connectivity index (χ0v) is 15.6. The lowest BCUT2D eigenvalue weighted by atomic mass is 9.75. The van der Waals surface area contributed by atoms with Crippen LogP contribution in [-0.2, 0) is 9.53 Å². The van der Waals surface area contributed by atoms with E-state index in [9.17, 15) is 14.7 Å². The predicted octanol–water partition coefficient (Wildman–Crippen LogP) is 2.75. The first-order valence-corrected chi connectivity index (χ1v) is 9.88. The highest BCUT2D eigenvalue weighted by atomic mass is 35.5. The van der Waals surface area contributed by atoms with Crippen LogP contribution in [0.15, 0.2) is 12.1 Å². The van der Waals surface area contributed by atoms with Crippen LogP contribution < -0.4 is 5.32 Å². The number of hydrogen-bond donors (Lipinski definition) is 2. The molecule has 1 aromatic rings. The van der Waals surface area contributed by atoms with Crippen LogP contribution in [0.3, 0.4) is 0 Å². The molecular formula is C17H23ClN2O4S. The molecule has 25 heavy (non-hydrogen) atoms. The summed E-state index contributed by atoms with van der Waals surface area (Å²) in [5.74, 6) is -1.57. The molecule has 1 amide bonds. The van der Waals surface area contributed by atoms with Gasteiger partial charge in [-0.1, -0.05) is 30.9 Å². The summed E-state index contributed by atoms with van der Waals surface area (Å²) in [5.41, 5.74) is -1.19. The standard InChI is InChI=1S/C17H23ClN2O4S/c18-13-5-4-12(25-13)14(17(23)6-2-1-3-7-17)15(21)24-16(22)20-10-8-19-9-11-20/h4-5,14,19,23H,1-3,6-11H2. The molecule has 6 nitrogen and oxygen atoms in total. The van der Waals surface area contributed by atoms with Crippen molar-refractivity contribution < 1.29 is 19.4 Å². The van der Waals surface area contributed by atoms with Gasteiger partial charge >= 0.3 is 12.1 Å². The Hall–Kier alpha value is -1.15. The Morgan fingerprint density at radius 1 is 1.24 bits per heavy atom. The number of amides is 1. The molecule has 1 aliphatic heterocycles. The molecule has 1 saturated heterocycles. The number of carbonyl (C=O) groups is 2. The maximum absolute atomic E-state index is 12.8.